The van der Waals surface area contributed by atoms with Crippen molar-refractivity contribution in [3.63, 3.8) is 0 Å². The van der Waals surface area contributed by atoms with Gasteiger partial charge in [-0.15, -0.1) is 0 Å². The number of carbonyl (C=O) groups is 1. The Bertz CT molecular complexity index is 1450. The van der Waals surface area contributed by atoms with Crippen LogP contribution >= 0.6 is 0 Å². The fourth-order valence-corrected chi connectivity index (χ4v) is 4.45. The molecular formula is C24H21N5O3S. The van der Waals surface area contributed by atoms with Crippen molar-refractivity contribution in [1.82, 2.24) is 14.3 Å². The smallest absolute Gasteiger partial charge is 0.255 e. The fourth-order valence-electron chi connectivity index (χ4n) is 3.42. The molecule has 0 unspecified atom stereocenters. The van der Waals surface area contributed by atoms with Crippen molar-refractivity contribution in [3.05, 3.63) is 78.4 Å². The molecule has 33 heavy (non-hydrogen) atoms. The Morgan fingerprint density at radius 1 is 1.03 bits per heavy atom. The van der Waals surface area contributed by atoms with E-state index in [0.717, 1.165) is 22.4 Å². The van der Waals surface area contributed by atoms with Gasteiger partial charge in [-0.05, 0) is 60.7 Å². The zero-order chi connectivity index (χ0) is 23.4. The van der Waals surface area contributed by atoms with Crippen LogP contribution < -0.4 is 10.0 Å². The number of carbonyl (C=O) groups excluding carboxylic acids is 1. The lowest BCUT2D eigenvalue weighted by Crippen LogP contribution is -2.24. The molecule has 3 aromatic carbocycles. The molecule has 9 heteroatoms. The van der Waals surface area contributed by atoms with Gasteiger partial charge in [0.05, 0.1) is 22.0 Å². The summed E-state index contributed by atoms with van der Waals surface area (Å²) < 4.78 is 28.7. The number of imidazole rings is 1. The number of nitrogens with zero attached hydrogens (tertiary/aromatic N) is 3. The van der Waals surface area contributed by atoms with E-state index >= 15 is 0 Å². The summed E-state index contributed by atoms with van der Waals surface area (Å²) in [7, 11) is -1.76. The second kappa shape index (κ2) is 9.24. The zero-order valence-electron chi connectivity index (χ0n) is 17.8. The summed E-state index contributed by atoms with van der Waals surface area (Å²) in [5.41, 5.74) is 3.81. The molecule has 0 aliphatic heterocycles. The molecule has 0 spiro atoms. The average molecular weight is 460 g/mol. The van der Waals surface area contributed by atoms with E-state index in [-0.39, 0.29) is 23.8 Å². The minimum Gasteiger partial charge on any atom is -0.327 e. The fraction of sp³-hybridized carbons (Fsp3) is 0.125. The summed E-state index contributed by atoms with van der Waals surface area (Å²) in [4.78, 5) is 17.3. The summed E-state index contributed by atoms with van der Waals surface area (Å²) in [6.07, 6.45) is 0.0785. The third kappa shape index (κ3) is 4.77. The third-order valence-corrected chi connectivity index (χ3v) is 6.62. The highest BCUT2D eigenvalue weighted by molar-refractivity contribution is 7.89. The molecule has 0 bridgehead atoms. The van der Waals surface area contributed by atoms with Crippen LogP contribution in [0.2, 0.25) is 0 Å². The van der Waals surface area contributed by atoms with Crippen molar-refractivity contribution in [2.45, 2.75) is 11.3 Å². The van der Waals surface area contributed by atoms with Crippen molar-refractivity contribution in [2.75, 3.05) is 11.9 Å². The van der Waals surface area contributed by atoms with Gasteiger partial charge in [0, 0.05) is 36.8 Å². The summed E-state index contributed by atoms with van der Waals surface area (Å²) in [6.45, 7) is 0.0331. The number of sulfonamides is 1. The summed E-state index contributed by atoms with van der Waals surface area (Å²) in [6, 6.07) is 22.8. The zero-order valence-corrected chi connectivity index (χ0v) is 18.6. The maximum atomic E-state index is 12.6. The van der Waals surface area contributed by atoms with Gasteiger partial charge >= 0.3 is 0 Å². The Kier molecular flexibility index (Phi) is 6.22. The maximum absolute atomic E-state index is 12.6. The molecule has 1 heterocycles. The molecular weight excluding hydrogens is 438 g/mol. The number of para-hydroxylation sites is 2. The number of aromatic nitrogens is 2. The molecule has 4 rings (SSSR count). The third-order valence-electron chi connectivity index (χ3n) is 5.14. The molecule has 0 saturated heterocycles. The lowest BCUT2D eigenvalue weighted by molar-refractivity contribution is 0.102. The van der Waals surface area contributed by atoms with Gasteiger partial charge in [-0.2, -0.15) is 5.26 Å². The van der Waals surface area contributed by atoms with Crippen LogP contribution in [0.3, 0.4) is 0 Å². The van der Waals surface area contributed by atoms with Crippen molar-refractivity contribution in [3.8, 4) is 17.5 Å². The monoisotopic (exact) mass is 459 g/mol. The molecule has 0 radical (unpaired) electrons. The van der Waals surface area contributed by atoms with E-state index in [2.05, 4.69) is 15.0 Å². The van der Waals surface area contributed by atoms with Crippen LogP contribution in [0.4, 0.5) is 5.69 Å². The van der Waals surface area contributed by atoms with Crippen molar-refractivity contribution >= 4 is 32.7 Å². The Balaban J connectivity index is 1.45. The summed E-state index contributed by atoms with van der Waals surface area (Å²) >= 11 is 0. The number of benzene rings is 3. The lowest BCUT2D eigenvalue weighted by atomic mass is 10.1. The first-order valence-electron chi connectivity index (χ1n) is 10.2. The summed E-state index contributed by atoms with van der Waals surface area (Å²) in [5, 5.41) is 11.3. The maximum Gasteiger partial charge on any atom is 0.255 e. The average Bonchev–Trinajstić information content (AvgIpc) is 3.16. The minimum atomic E-state index is -3.72. The van der Waals surface area contributed by atoms with Gasteiger partial charge in [0.15, 0.2) is 0 Å². The second-order valence-corrected chi connectivity index (χ2v) is 9.11. The van der Waals surface area contributed by atoms with E-state index in [1.165, 1.54) is 24.3 Å². The number of nitrogens with one attached hydrogen (secondary N) is 2. The molecule has 0 atom stereocenters. The number of fused-ring (bicyclic) bond motifs is 1. The quantitative estimate of drug-likeness (QED) is 0.409. The van der Waals surface area contributed by atoms with Gasteiger partial charge in [0.2, 0.25) is 10.0 Å². The van der Waals surface area contributed by atoms with E-state index < -0.39 is 10.0 Å². The van der Waals surface area contributed by atoms with Crippen LogP contribution in [-0.2, 0) is 17.1 Å². The molecule has 0 aliphatic rings. The first kappa shape index (κ1) is 22.2. The largest absolute Gasteiger partial charge is 0.327 e. The van der Waals surface area contributed by atoms with E-state index in [1.807, 2.05) is 54.1 Å². The van der Waals surface area contributed by atoms with Crippen LogP contribution in [0, 0.1) is 11.3 Å². The Hall–Kier alpha value is -4.00. The molecule has 4 aromatic rings. The first-order valence-corrected chi connectivity index (χ1v) is 11.7. The van der Waals surface area contributed by atoms with Gasteiger partial charge in [-0.3, -0.25) is 4.79 Å². The van der Waals surface area contributed by atoms with Gasteiger partial charge in [-0.25, -0.2) is 18.1 Å². The van der Waals surface area contributed by atoms with E-state index in [0.29, 0.717) is 11.3 Å². The predicted octanol–water partition coefficient (Wildman–Crippen LogP) is 3.68. The van der Waals surface area contributed by atoms with Gasteiger partial charge in [0.1, 0.15) is 5.82 Å². The highest BCUT2D eigenvalue weighted by Crippen LogP contribution is 2.25. The van der Waals surface area contributed by atoms with Crippen LogP contribution in [0.25, 0.3) is 22.4 Å². The van der Waals surface area contributed by atoms with E-state index in [1.54, 1.807) is 12.1 Å². The number of aryl methyl sites for hydroxylation is 1. The Labute approximate surface area is 191 Å². The second-order valence-electron chi connectivity index (χ2n) is 7.34. The van der Waals surface area contributed by atoms with Crippen LogP contribution in [0.5, 0.6) is 0 Å². The Morgan fingerprint density at radius 3 is 2.39 bits per heavy atom. The number of hydrogen-bond acceptors (Lipinski definition) is 5. The topological polar surface area (TPSA) is 117 Å². The minimum absolute atomic E-state index is 0.0313. The summed E-state index contributed by atoms with van der Waals surface area (Å²) in [5.74, 6) is 0.473. The van der Waals surface area contributed by atoms with Crippen LogP contribution in [-0.4, -0.2) is 30.4 Å². The van der Waals surface area contributed by atoms with Gasteiger partial charge < -0.3 is 9.88 Å². The lowest BCUT2D eigenvalue weighted by Gasteiger charge is -2.08. The number of hydrogen-bond donors (Lipinski definition) is 2. The number of rotatable bonds is 7. The van der Waals surface area contributed by atoms with E-state index in [4.69, 9.17) is 5.26 Å². The molecule has 0 aliphatic carbocycles. The van der Waals surface area contributed by atoms with Crippen LogP contribution in [0.1, 0.15) is 16.8 Å². The van der Waals surface area contributed by atoms with Crippen LogP contribution in [0.15, 0.2) is 77.7 Å². The molecule has 166 valence electrons. The molecule has 8 nitrogen and oxygen atoms in total. The molecule has 0 saturated carbocycles. The number of nitriles is 1. The SMILES string of the molecule is Cn1c(-c2ccc(NC(=O)c3ccc(S(=O)(=O)NCCC#N)cc3)cc2)nc2ccccc21. The predicted molar refractivity (Wildman–Crippen MR) is 126 cm³/mol. The molecule has 2 N–H and O–H groups in total. The van der Waals surface area contributed by atoms with Gasteiger partial charge in [-0.1, -0.05) is 12.1 Å². The highest BCUT2D eigenvalue weighted by Gasteiger charge is 2.15. The molecule has 0 fully saturated rings. The van der Waals surface area contributed by atoms with E-state index in [9.17, 15) is 13.2 Å². The van der Waals surface area contributed by atoms with Crippen molar-refractivity contribution < 1.29 is 13.2 Å². The standard InChI is InChI=1S/C24H21N5O3S/c1-29-22-6-3-2-5-21(22)28-23(29)17-7-11-19(12-8-17)27-24(30)18-9-13-20(14-10-18)33(31,32)26-16-4-15-25/h2-3,5-14,26H,4,16H2,1H3,(H,27,30). The first-order chi connectivity index (χ1) is 15.9. The van der Waals surface area contributed by atoms with Crippen molar-refractivity contribution in [1.29, 1.82) is 5.26 Å². The number of amides is 1. The van der Waals surface area contributed by atoms with Gasteiger partial charge in [0.25, 0.3) is 5.91 Å². The normalized spacial score (nSPS) is 11.3. The Morgan fingerprint density at radius 2 is 1.73 bits per heavy atom. The number of anilines is 1. The van der Waals surface area contributed by atoms with Crippen molar-refractivity contribution in [2.24, 2.45) is 7.05 Å². The molecule has 1 amide bonds. The highest BCUT2D eigenvalue weighted by atomic mass is 32.2. The molecule has 1 aromatic heterocycles.